The third-order valence-corrected chi connectivity index (χ3v) is 3.69. The van der Waals surface area contributed by atoms with Crippen LogP contribution in [0.5, 0.6) is 5.75 Å². The van der Waals surface area contributed by atoms with Gasteiger partial charge in [-0.2, -0.15) is 0 Å². The maximum atomic E-state index is 12.0. The van der Waals surface area contributed by atoms with Crippen LogP contribution >= 0.6 is 0 Å². The molecule has 1 aliphatic rings. The number of methoxy groups -OCH3 is 1. The van der Waals surface area contributed by atoms with E-state index >= 15 is 0 Å². The van der Waals surface area contributed by atoms with Gasteiger partial charge >= 0.3 is 0 Å². The lowest BCUT2D eigenvalue weighted by atomic mass is 9.88. The summed E-state index contributed by atoms with van der Waals surface area (Å²) < 4.78 is 11.1. The van der Waals surface area contributed by atoms with Crippen molar-refractivity contribution in [3.05, 3.63) is 29.8 Å². The van der Waals surface area contributed by atoms with Gasteiger partial charge in [0.2, 0.25) is 0 Å². The lowest BCUT2D eigenvalue weighted by molar-refractivity contribution is -0.146. The second-order valence-electron chi connectivity index (χ2n) is 4.91. The first-order valence-corrected chi connectivity index (χ1v) is 6.58. The molecule has 1 heterocycles. The number of benzene rings is 1. The Bertz CT molecular complexity index is 426. The van der Waals surface area contributed by atoms with Crippen molar-refractivity contribution < 1.29 is 19.4 Å². The number of ketones is 1. The highest BCUT2D eigenvalue weighted by Crippen LogP contribution is 2.34. The predicted octanol–water partition coefficient (Wildman–Crippen LogP) is 2.11. The molecule has 4 heteroatoms. The van der Waals surface area contributed by atoms with Crippen LogP contribution in [0.2, 0.25) is 0 Å². The number of ether oxygens (including phenoxy) is 2. The van der Waals surface area contributed by atoms with E-state index in [-0.39, 0.29) is 30.5 Å². The van der Waals surface area contributed by atoms with Gasteiger partial charge in [0.25, 0.3) is 0 Å². The van der Waals surface area contributed by atoms with Gasteiger partial charge in [-0.05, 0) is 24.1 Å². The molecule has 1 aliphatic heterocycles. The van der Waals surface area contributed by atoms with Crippen molar-refractivity contribution in [2.24, 2.45) is 5.92 Å². The van der Waals surface area contributed by atoms with Crippen LogP contribution in [0.4, 0.5) is 0 Å². The van der Waals surface area contributed by atoms with Crippen molar-refractivity contribution in [1.29, 1.82) is 0 Å². The topological polar surface area (TPSA) is 55.8 Å². The molecule has 2 rings (SSSR count). The molecule has 1 saturated heterocycles. The first kappa shape index (κ1) is 14.0. The average molecular weight is 264 g/mol. The molecule has 0 amide bonds. The Hall–Kier alpha value is -1.39. The van der Waals surface area contributed by atoms with E-state index in [1.54, 1.807) is 7.11 Å². The van der Waals surface area contributed by atoms with Gasteiger partial charge in [-0.25, -0.2) is 0 Å². The van der Waals surface area contributed by atoms with E-state index in [1.165, 1.54) is 0 Å². The Morgan fingerprint density at radius 2 is 2.05 bits per heavy atom. The highest BCUT2D eigenvalue weighted by molar-refractivity contribution is 5.82. The van der Waals surface area contributed by atoms with E-state index in [0.29, 0.717) is 12.8 Å². The van der Waals surface area contributed by atoms with Crippen LogP contribution in [0.25, 0.3) is 0 Å². The summed E-state index contributed by atoms with van der Waals surface area (Å²) in [6.07, 6.45) is 0.485. The first-order valence-electron chi connectivity index (χ1n) is 6.58. The standard InChI is InChI=1S/C15H20O4/c1-10-13(17)9-15(19-14(10)7-8-16)11-3-5-12(18-2)6-4-11/h3-6,10,14-16H,7-9H2,1-2H3/t10-,14-,15-/m1/s1. The molecule has 0 aromatic heterocycles. The summed E-state index contributed by atoms with van der Waals surface area (Å²) >= 11 is 0. The molecular formula is C15H20O4. The SMILES string of the molecule is COc1ccc([C@H]2CC(=O)[C@@H](C)[C@@H](CCO)O2)cc1. The van der Waals surface area contributed by atoms with Gasteiger partial charge in [-0.3, -0.25) is 4.79 Å². The van der Waals surface area contributed by atoms with Crippen LogP contribution in [0.3, 0.4) is 0 Å². The molecule has 4 nitrogen and oxygen atoms in total. The maximum Gasteiger partial charge on any atom is 0.141 e. The molecule has 1 fully saturated rings. The van der Waals surface area contributed by atoms with Crippen molar-refractivity contribution >= 4 is 5.78 Å². The number of carbonyl (C=O) groups excluding carboxylic acids is 1. The summed E-state index contributed by atoms with van der Waals surface area (Å²) in [6.45, 7) is 1.91. The average Bonchev–Trinajstić information content (AvgIpc) is 2.44. The fourth-order valence-electron chi connectivity index (χ4n) is 2.41. The molecule has 0 spiro atoms. The van der Waals surface area contributed by atoms with Crippen LogP contribution in [-0.4, -0.2) is 30.7 Å². The summed E-state index contributed by atoms with van der Waals surface area (Å²) in [5.74, 6) is 0.846. The van der Waals surface area contributed by atoms with Gasteiger partial charge in [0.15, 0.2) is 0 Å². The Balaban J connectivity index is 2.12. The number of Topliss-reactive ketones (excluding diaryl/α,β-unsaturated/α-hetero) is 1. The summed E-state index contributed by atoms with van der Waals surface area (Å²) in [5.41, 5.74) is 0.976. The minimum atomic E-state index is -0.217. The van der Waals surface area contributed by atoms with Gasteiger partial charge in [0, 0.05) is 18.9 Å². The summed E-state index contributed by atoms with van der Waals surface area (Å²) in [7, 11) is 1.62. The Morgan fingerprint density at radius 3 is 2.63 bits per heavy atom. The molecule has 0 bridgehead atoms. The molecular weight excluding hydrogens is 244 g/mol. The summed E-state index contributed by atoms with van der Waals surface area (Å²) in [6, 6.07) is 7.57. The van der Waals surface area contributed by atoms with Crippen molar-refractivity contribution in [3.8, 4) is 5.75 Å². The molecule has 0 unspecified atom stereocenters. The molecule has 1 aromatic rings. The van der Waals surface area contributed by atoms with Crippen molar-refractivity contribution in [3.63, 3.8) is 0 Å². The highest BCUT2D eigenvalue weighted by Gasteiger charge is 2.34. The fourth-order valence-corrected chi connectivity index (χ4v) is 2.41. The van der Waals surface area contributed by atoms with Crippen LogP contribution in [0.15, 0.2) is 24.3 Å². The van der Waals surface area contributed by atoms with E-state index < -0.39 is 0 Å². The lowest BCUT2D eigenvalue weighted by Crippen LogP contribution is -2.37. The fraction of sp³-hybridized carbons (Fsp3) is 0.533. The van der Waals surface area contributed by atoms with Gasteiger partial charge in [-0.1, -0.05) is 19.1 Å². The third kappa shape index (κ3) is 3.14. The normalized spacial score (nSPS) is 27.3. The van der Waals surface area contributed by atoms with E-state index in [9.17, 15) is 4.79 Å². The number of carbonyl (C=O) groups is 1. The van der Waals surface area contributed by atoms with Gasteiger partial charge in [0.1, 0.15) is 11.5 Å². The molecule has 0 saturated carbocycles. The van der Waals surface area contributed by atoms with Gasteiger partial charge < -0.3 is 14.6 Å². The smallest absolute Gasteiger partial charge is 0.141 e. The van der Waals surface area contributed by atoms with E-state index in [2.05, 4.69) is 0 Å². The third-order valence-electron chi connectivity index (χ3n) is 3.69. The van der Waals surface area contributed by atoms with E-state index in [1.807, 2.05) is 31.2 Å². The van der Waals surface area contributed by atoms with Crippen molar-refractivity contribution in [2.75, 3.05) is 13.7 Å². The molecule has 3 atom stereocenters. The van der Waals surface area contributed by atoms with Crippen molar-refractivity contribution in [2.45, 2.75) is 32.0 Å². The van der Waals surface area contributed by atoms with Gasteiger partial charge in [-0.15, -0.1) is 0 Å². The zero-order valence-electron chi connectivity index (χ0n) is 11.3. The van der Waals surface area contributed by atoms with Crippen LogP contribution in [0.1, 0.15) is 31.4 Å². The van der Waals surface area contributed by atoms with E-state index in [0.717, 1.165) is 11.3 Å². The van der Waals surface area contributed by atoms with E-state index in [4.69, 9.17) is 14.6 Å². The molecule has 104 valence electrons. The number of aliphatic hydroxyl groups is 1. The van der Waals surface area contributed by atoms with Crippen molar-refractivity contribution in [1.82, 2.24) is 0 Å². The zero-order chi connectivity index (χ0) is 13.8. The van der Waals surface area contributed by atoms with Crippen LogP contribution in [0, 0.1) is 5.92 Å². The zero-order valence-corrected chi connectivity index (χ0v) is 11.3. The highest BCUT2D eigenvalue weighted by atomic mass is 16.5. The summed E-state index contributed by atoms with van der Waals surface area (Å²) in [5, 5.41) is 9.04. The molecule has 1 N–H and O–H groups in total. The Morgan fingerprint density at radius 1 is 1.37 bits per heavy atom. The van der Waals surface area contributed by atoms with Crippen LogP contribution in [-0.2, 0) is 9.53 Å². The quantitative estimate of drug-likeness (QED) is 0.905. The molecule has 1 aromatic carbocycles. The largest absolute Gasteiger partial charge is 0.497 e. The van der Waals surface area contributed by atoms with Gasteiger partial charge in [0.05, 0.1) is 19.3 Å². The Labute approximate surface area is 113 Å². The first-order chi connectivity index (χ1) is 9.15. The van der Waals surface area contributed by atoms with Crippen LogP contribution < -0.4 is 4.74 Å². The second kappa shape index (κ2) is 6.17. The molecule has 0 radical (unpaired) electrons. The number of rotatable bonds is 4. The minimum Gasteiger partial charge on any atom is -0.497 e. The number of hydrogen-bond donors (Lipinski definition) is 1. The lowest BCUT2D eigenvalue weighted by Gasteiger charge is -2.34. The molecule has 0 aliphatic carbocycles. The molecule has 19 heavy (non-hydrogen) atoms. The number of hydrogen-bond acceptors (Lipinski definition) is 4. The minimum absolute atomic E-state index is 0.0393. The Kier molecular flexibility index (Phi) is 4.56. The summed E-state index contributed by atoms with van der Waals surface area (Å²) in [4.78, 5) is 12.0. The maximum absolute atomic E-state index is 12.0. The predicted molar refractivity (Wildman–Crippen MR) is 71.1 cm³/mol. The number of aliphatic hydroxyl groups excluding tert-OH is 1. The monoisotopic (exact) mass is 264 g/mol. The second-order valence-corrected chi connectivity index (χ2v) is 4.91.